The van der Waals surface area contributed by atoms with Crippen molar-refractivity contribution in [3.8, 4) is 5.75 Å². The lowest BCUT2D eigenvalue weighted by Crippen LogP contribution is -2.18. The van der Waals surface area contributed by atoms with Crippen LogP contribution >= 0.6 is 0 Å². The van der Waals surface area contributed by atoms with Crippen molar-refractivity contribution in [2.45, 2.75) is 39.5 Å². The van der Waals surface area contributed by atoms with Crippen LogP contribution in [0.1, 0.15) is 38.1 Å². The van der Waals surface area contributed by atoms with Crippen LogP contribution in [0.25, 0.3) is 0 Å². The van der Waals surface area contributed by atoms with Crippen molar-refractivity contribution in [1.82, 2.24) is 15.5 Å². The molecule has 1 atom stereocenters. The Hall–Kier alpha value is -1.94. The highest BCUT2D eigenvalue weighted by Crippen LogP contribution is 2.18. The summed E-state index contributed by atoms with van der Waals surface area (Å²) in [6.07, 6.45) is 1.88. The van der Waals surface area contributed by atoms with E-state index in [1.165, 1.54) is 5.56 Å². The van der Waals surface area contributed by atoms with E-state index < -0.39 is 0 Å². The molecule has 1 aromatic carbocycles. The van der Waals surface area contributed by atoms with Gasteiger partial charge in [0.15, 0.2) is 0 Å². The first-order valence-electron chi connectivity index (χ1n) is 6.91. The first-order chi connectivity index (χ1) is 9.65. The maximum atomic E-state index is 5.64. The first-order valence-corrected chi connectivity index (χ1v) is 6.91. The highest BCUT2D eigenvalue weighted by atomic mass is 16.5. The van der Waals surface area contributed by atoms with Gasteiger partial charge in [0, 0.05) is 18.8 Å². The van der Waals surface area contributed by atoms with Crippen LogP contribution in [-0.2, 0) is 6.54 Å². The van der Waals surface area contributed by atoms with Gasteiger partial charge in [-0.25, -0.2) is 0 Å². The maximum absolute atomic E-state index is 5.64. The fraction of sp³-hybridized carbons (Fsp3) is 0.375. The van der Waals surface area contributed by atoms with Gasteiger partial charge in [0.25, 0.3) is 0 Å². The lowest BCUT2D eigenvalue weighted by atomic mass is 10.1. The molecule has 0 aliphatic carbocycles. The van der Waals surface area contributed by atoms with E-state index in [0.717, 1.165) is 11.4 Å². The molecule has 0 aliphatic heterocycles. The van der Waals surface area contributed by atoms with Gasteiger partial charge < -0.3 is 10.1 Å². The Balaban J connectivity index is 1.90. The number of aromatic nitrogens is 2. The average molecular weight is 271 g/mol. The second-order valence-electron chi connectivity index (χ2n) is 5.05. The van der Waals surface area contributed by atoms with E-state index in [2.05, 4.69) is 34.6 Å². The summed E-state index contributed by atoms with van der Waals surface area (Å²) in [6.45, 7) is 6.89. The average Bonchev–Trinajstić information content (AvgIpc) is 2.46. The molecule has 4 heteroatoms. The molecule has 0 fully saturated rings. The van der Waals surface area contributed by atoms with Crippen LogP contribution in [0.4, 0.5) is 0 Å². The minimum absolute atomic E-state index is 0.202. The van der Waals surface area contributed by atoms with E-state index >= 15 is 0 Å². The topological polar surface area (TPSA) is 47.0 Å². The van der Waals surface area contributed by atoms with E-state index in [1.807, 2.05) is 38.1 Å². The van der Waals surface area contributed by atoms with Gasteiger partial charge in [-0.2, -0.15) is 10.2 Å². The molecule has 0 bridgehead atoms. The zero-order valence-electron chi connectivity index (χ0n) is 12.2. The molecule has 1 N–H and O–H groups in total. The van der Waals surface area contributed by atoms with Gasteiger partial charge in [0.05, 0.1) is 11.8 Å². The second kappa shape index (κ2) is 7.01. The van der Waals surface area contributed by atoms with Gasteiger partial charge in [-0.3, -0.25) is 0 Å². The van der Waals surface area contributed by atoms with Crippen molar-refractivity contribution in [2.24, 2.45) is 0 Å². The summed E-state index contributed by atoms with van der Waals surface area (Å²) in [5.74, 6) is 0.907. The molecule has 1 heterocycles. The van der Waals surface area contributed by atoms with Crippen molar-refractivity contribution < 1.29 is 4.74 Å². The van der Waals surface area contributed by atoms with E-state index in [4.69, 9.17) is 4.74 Å². The van der Waals surface area contributed by atoms with Crippen LogP contribution in [-0.4, -0.2) is 16.3 Å². The molecule has 0 amide bonds. The smallest absolute Gasteiger partial charge is 0.119 e. The van der Waals surface area contributed by atoms with Gasteiger partial charge in [-0.1, -0.05) is 12.1 Å². The lowest BCUT2D eigenvalue weighted by molar-refractivity contribution is 0.242. The van der Waals surface area contributed by atoms with Crippen molar-refractivity contribution in [3.05, 3.63) is 53.9 Å². The van der Waals surface area contributed by atoms with E-state index in [1.54, 1.807) is 6.20 Å². The van der Waals surface area contributed by atoms with E-state index in [-0.39, 0.29) is 12.1 Å². The predicted molar refractivity (Wildman–Crippen MR) is 79.5 cm³/mol. The quantitative estimate of drug-likeness (QED) is 0.877. The standard InChI is InChI=1S/C16H21N3O/c1-12(2)20-16-8-6-14(7-9-16)13(3)17-11-15-5-4-10-18-19-15/h4-10,12-13,17H,11H2,1-3H3. The zero-order valence-corrected chi connectivity index (χ0v) is 12.2. The number of hydrogen-bond acceptors (Lipinski definition) is 4. The van der Waals surface area contributed by atoms with Gasteiger partial charge >= 0.3 is 0 Å². The van der Waals surface area contributed by atoms with Crippen molar-refractivity contribution >= 4 is 0 Å². The van der Waals surface area contributed by atoms with E-state index in [0.29, 0.717) is 6.54 Å². The third-order valence-electron chi connectivity index (χ3n) is 2.97. The molecule has 0 spiro atoms. The monoisotopic (exact) mass is 271 g/mol. The molecule has 0 saturated carbocycles. The Bertz CT molecular complexity index is 511. The molecule has 106 valence electrons. The van der Waals surface area contributed by atoms with Crippen LogP contribution in [0.2, 0.25) is 0 Å². The summed E-state index contributed by atoms with van der Waals surface area (Å²) in [6, 6.07) is 12.3. The van der Waals surface area contributed by atoms with Crippen molar-refractivity contribution in [3.63, 3.8) is 0 Å². The third kappa shape index (κ3) is 4.31. The van der Waals surface area contributed by atoms with Crippen LogP contribution in [0.5, 0.6) is 5.75 Å². The highest BCUT2D eigenvalue weighted by Gasteiger charge is 2.06. The molecule has 1 unspecified atom stereocenters. The molecule has 0 aliphatic rings. The number of nitrogens with zero attached hydrogens (tertiary/aromatic N) is 2. The Morgan fingerprint density at radius 3 is 2.45 bits per heavy atom. The van der Waals surface area contributed by atoms with Crippen LogP contribution in [0.3, 0.4) is 0 Å². The highest BCUT2D eigenvalue weighted by molar-refractivity contribution is 5.29. The number of hydrogen-bond donors (Lipinski definition) is 1. The summed E-state index contributed by atoms with van der Waals surface area (Å²) in [7, 11) is 0. The van der Waals surface area contributed by atoms with E-state index in [9.17, 15) is 0 Å². The molecule has 0 saturated heterocycles. The zero-order chi connectivity index (χ0) is 14.4. The first kappa shape index (κ1) is 14.5. The number of benzene rings is 1. The third-order valence-corrected chi connectivity index (χ3v) is 2.97. The summed E-state index contributed by atoms with van der Waals surface area (Å²) >= 11 is 0. The number of nitrogens with one attached hydrogen (secondary N) is 1. The molecular formula is C16H21N3O. The molecule has 1 aromatic heterocycles. The predicted octanol–water partition coefficient (Wildman–Crippen LogP) is 3.11. The number of rotatable bonds is 6. The van der Waals surface area contributed by atoms with Gasteiger partial charge in [-0.15, -0.1) is 0 Å². The molecular weight excluding hydrogens is 250 g/mol. The normalized spacial score (nSPS) is 12.4. The van der Waals surface area contributed by atoms with Crippen LogP contribution in [0.15, 0.2) is 42.6 Å². The Morgan fingerprint density at radius 2 is 1.85 bits per heavy atom. The fourth-order valence-corrected chi connectivity index (χ4v) is 1.91. The molecule has 20 heavy (non-hydrogen) atoms. The Labute approximate surface area is 120 Å². The van der Waals surface area contributed by atoms with Gasteiger partial charge in [0.1, 0.15) is 5.75 Å². The second-order valence-corrected chi connectivity index (χ2v) is 5.05. The summed E-state index contributed by atoms with van der Waals surface area (Å²) in [5, 5.41) is 11.4. The summed E-state index contributed by atoms with van der Waals surface area (Å²) in [5.41, 5.74) is 2.17. The Kier molecular flexibility index (Phi) is 5.07. The molecule has 2 rings (SSSR count). The minimum atomic E-state index is 0.202. The van der Waals surface area contributed by atoms with Gasteiger partial charge in [0.2, 0.25) is 0 Å². The van der Waals surface area contributed by atoms with Crippen LogP contribution in [0, 0.1) is 0 Å². The SMILES string of the molecule is CC(C)Oc1ccc(C(C)NCc2cccnn2)cc1. The minimum Gasteiger partial charge on any atom is -0.491 e. The molecule has 2 aromatic rings. The van der Waals surface area contributed by atoms with Gasteiger partial charge in [-0.05, 0) is 50.6 Å². The lowest BCUT2D eigenvalue weighted by Gasteiger charge is -2.15. The largest absolute Gasteiger partial charge is 0.491 e. The fourth-order valence-electron chi connectivity index (χ4n) is 1.91. The number of ether oxygens (including phenoxy) is 1. The van der Waals surface area contributed by atoms with Crippen molar-refractivity contribution in [2.75, 3.05) is 0 Å². The maximum Gasteiger partial charge on any atom is 0.119 e. The summed E-state index contributed by atoms with van der Waals surface area (Å²) < 4.78 is 5.64. The Morgan fingerprint density at radius 1 is 1.10 bits per heavy atom. The van der Waals surface area contributed by atoms with Crippen molar-refractivity contribution in [1.29, 1.82) is 0 Å². The molecule has 0 radical (unpaired) electrons. The molecule has 4 nitrogen and oxygen atoms in total. The van der Waals surface area contributed by atoms with Crippen LogP contribution < -0.4 is 10.1 Å². The summed E-state index contributed by atoms with van der Waals surface area (Å²) in [4.78, 5) is 0.